The highest BCUT2D eigenvalue weighted by Crippen LogP contribution is 2.42. The van der Waals surface area contributed by atoms with E-state index >= 15 is 0 Å². The maximum atomic E-state index is 13.6. The Balaban J connectivity index is 2.62. The van der Waals surface area contributed by atoms with Crippen LogP contribution in [0.3, 0.4) is 0 Å². The van der Waals surface area contributed by atoms with Gasteiger partial charge in [0.15, 0.2) is 9.84 Å². The van der Waals surface area contributed by atoms with Gasteiger partial charge in [-0.05, 0) is 36.6 Å². The van der Waals surface area contributed by atoms with Crippen molar-refractivity contribution in [3.63, 3.8) is 0 Å². The van der Waals surface area contributed by atoms with E-state index in [1.54, 1.807) is 0 Å². The summed E-state index contributed by atoms with van der Waals surface area (Å²) in [5.74, 6) is -0.634. The molecule has 0 spiro atoms. The summed E-state index contributed by atoms with van der Waals surface area (Å²) in [5, 5.41) is 0. The molecule has 1 aromatic rings. The zero-order valence-corrected chi connectivity index (χ0v) is 11.3. The van der Waals surface area contributed by atoms with Crippen LogP contribution < -0.4 is 0 Å². The van der Waals surface area contributed by atoms with Crippen LogP contribution in [-0.2, 0) is 20.2 Å². The van der Waals surface area contributed by atoms with E-state index in [4.69, 9.17) is 0 Å². The van der Waals surface area contributed by atoms with E-state index in [9.17, 15) is 17.6 Å². The maximum Gasteiger partial charge on any atom is 0.235 e. The number of carbonyl (C=O) groups excluding carboxylic acids is 1. The van der Waals surface area contributed by atoms with E-state index in [0.717, 1.165) is 25.2 Å². The number of halogens is 1. The highest BCUT2D eigenvalue weighted by Gasteiger charge is 2.36. The second kappa shape index (κ2) is 4.87. The van der Waals surface area contributed by atoms with E-state index in [1.807, 2.05) is 0 Å². The smallest absolute Gasteiger partial charge is 0.224 e. The summed E-state index contributed by atoms with van der Waals surface area (Å²) in [5.41, 5.74) is -0.377. The number of sulfone groups is 1. The summed E-state index contributed by atoms with van der Waals surface area (Å²) in [4.78, 5) is 14.3. The molecule has 0 saturated heterocycles. The van der Waals surface area contributed by atoms with Crippen LogP contribution in [0.15, 0.2) is 28.1 Å². The SMILES string of the molecule is CS(=O)(=O)c1cc(F)cc(C2(N=C=O)CCCC2)c1. The number of hydrogen-bond acceptors (Lipinski definition) is 4. The number of aliphatic imine (C=N–C) groups is 1. The monoisotopic (exact) mass is 283 g/mol. The first-order valence-electron chi connectivity index (χ1n) is 5.98. The Labute approximate surface area is 111 Å². The van der Waals surface area contributed by atoms with Crippen molar-refractivity contribution < 1.29 is 17.6 Å². The zero-order valence-electron chi connectivity index (χ0n) is 10.5. The highest BCUT2D eigenvalue weighted by atomic mass is 32.2. The highest BCUT2D eigenvalue weighted by molar-refractivity contribution is 7.90. The Hall–Kier alpha value is -1.52. The average molecular weight is 283 g/mol. The molecule has 1 aliphatic rings. The van der Waals surface area contributed by atoms with Crippen molar-refractivity contribution in [3.8, 4) is 0 Å². The molecular formula is C13H14FNO3S. The number of isocyanates is 1. The van der Waals surface area contributed by atoms with Crippen LogP contribution in [0.25, 0.3) is 0 Å². The minimum Gasteiger partial charge on any atom is -0.224 e. The van der Waals surface area contributed by atoms with Crippen molar-refractivity contribution in [2.45, 2.75) is 36.1 Å². The van der Waals surface area contributed by atoms with Gasteiger partial charge in [0.05, 0.1) is 10.4 Å². The molecule has 1 fully saturated rings. The summed E-state index contributed by atoms with van der Waals surface area (Å²) in [6.45, 7) is 0. The molecule has 1 aliphatic carbocycles. The second-order valence-electron chi connectivity index (χ2n) is 4.89. The largest absolute Gasteiger partial charge is 0.235 e. The lowest BCUT2D eigenvalue weighted by Gasteiger charge is -2.23. The average Bonchev–Trinajstić information content (AvgIpc) is 2.77. The van der Waals surface area contributed by atoms with Crippen LogP contribution in [0.1, 0.15) is 31.2 Å². The molecule has 1 aromatic carbocycles. The molecule has 19 heavy (non-hydrogen) atoms. The minimum atomic E-state index is -3.50. The molecule has 102 valence electrons. The molecule has 0 aliphatic heterocycles. The first kappa shape index (κ1) is 13.9. The van der Waals surface area contributed by atoms with Gasteiger partial charge in [-0.2, -0.15) is 4.99 Å². The molecule has 0 radical (unpaired) electrons. The van der Waals surface area contributed by atoms with Crippen molar-refractivity contribution in [3.05, 3.63) is 29.6 Å². The van der Waals surface area contributed by atoms with Gasteiger partial charge in [-0.15, -0.1) is 0 Å². The van der Waals surface area contributed by atoms with Gasteiger partial charge in [0.25, 0.3) is 0 Å². The van der Waals surface area contributed by atoms with Crippen LogP contribution >= 0.6 is 0 Å². The van der Waals surface area contributed by atoms with Gasteiger partial charge in [-0.3, -0.25) is 0 Å². The predicted octanol–water partition coefficient (Wildman–Crippen LogP) is 2.33. The van der Waals surface area contributed by atoms with E-state index in [2.05, 4.69) is 4.99 Å². The van der Waals surface area contributed by atoms with Crippen LogP contribution in [-0.4, -0.2) is 20.8 Å². The Morgan fingerprint density at radius 2 is 1.89 bits per heavy atom. The van der Waals surface area contributed by atoms with Gasteiger partial charge < -0.3 is 0 Å². The van der Waals surface area contributed by atoms with Gasteiger partial charge in [0.1, 0.15) is 5.82 Å². The third-order valence-electron chi connectivity index (χ3n) is 3.53. The summed E-state index contributed by atoms with van der Waals surface area (Å²) in [6.07, 6.45) is 5.51. The fourth-order valence-corrected chi connectivity index (χ4v) is 3.23. The quantitative estimate of drug-likeness (QED) is 0.631. The Bertz CT molecular complexity index is 642. The number of benzene rings is 1. The normalized spacial score (nSPS) is 18.0. The van der Waals surface area contributed by atoms with Crippen molar-refractivity contribution >= 4 is 15.9 Å². The van der Waals surface area contributed by atoms with Crippen LogP contribution in [0.5, 0.6) is 0 Å². The second-order valence-corrected chi connectivity index (χ2v) is 6.91. The molecule has 0 heterocycles. The van der Waals surface area contributed by atoms with Crippen molar-refractivity contribution in [2.24, 2.45) is 4.99 Å². The third kappa shape index (κ3) is 2.74. The van der Waals surface area contributed by atoms with Crippen LogP contribution in [0.2, 0.25) is 0 Å². The van der Waals surface area contributed by atoms with Crippen molar-refractivity contribution in [1.82, 2.24) is 0 Å². The number of nitrogens with zero attached hydrogens (tertiary/aromatic N) is 1. The fraction of sp³-hybridized carbons (Fsp3) is 0.462. The molecule has 2 rings (SSSR count). The van der Waals surface area contributed by atoms with E-state index in [-0.39, 0.29) is 4.90 Å². The summed E-state index contributed by atoms with van der Waals surface area (Å²) >= 11 is 0. The predicted molar refractivity (Wildman–Crippen MR) is 67.8 cm³/mol. The lowest BCUT2D eigenvalue weighted by molar-refractivity contribution is 0.451. The Kier molecular flexibility index (Phi) is 3.56. The minimum absolute atomic E-state index is 0.0881. The summed E-state index contributed by atoms with van der Waals surface area (Å²) in [7, 11) is -3.50. The molecule has 0 amide bonds. The van der Waals surface area contributed by atoms with E-state index < -0.39 is 21.2 Å². The molecule has 0 aromatic heterocycles. The topological polar surface area (TPSA) is 63.6 Å². The van der Waals surface area contributed by atoms with Crippen molar-refractivity contribution in [1.29, 1.82) is 0 Å². The molecule has 6 heteroatoms. The summed E-state index contributed by atoms with van der Waals surface area (Å²) < 4.78 is 36.7. The first-order valence-corrected chi connectivity index (χ1v) is 7.87. The van der Waals surface area contributed by atoms with Crippen LogP contribution in [0, 0.1) is 5.82 Å². The molecule has 0 bridgehead atoms. The zero-order chi connectivity index (χ0) is 14.1. The van der Waals surface area contributed by atoms with Gasteiger partial charge in [0.2, 0.25) is 6.08 Å². The molecule has 0 N–H and O–H groups in total. The standard InChI is InChI=1S/C13H14FNO3S/c1-19(17,18)12-7-10(6-11(14)8-12)13(15-9-16)4-2-3-5-13/h6-8H,2-5H2,1H3. The number of hydrogen-bond donors (Lipinski definition) is 0. The van der Waals surface area contributed by atoms with Crippen LogP contribution in [0.4, 0.5) is 4.39 Å². The van der Waals surface area contributed by atoms with Gasteiger partial charge in [-0.1, -0.05) is 12.8 Å². The lowest BCUT2D eigenvalue weighted by Crippen LogP contribution is -2.19. The number of rotatable bonds is 3. The molecular weight excluding hydrogens is 269 g/mol. The summed E-state index contributed by atoms with van der Waals surface area (Å²) in [6, 6.07) is 3.64. The van der Waals surface area contributed by atoms with Crippen molar-refractivity contribution in [2.75, 3.05) is 6.26 Å². The van der Waals surface area contributed by atoms with E-state index in [0.29, 0.717) is 18.4 Å². The molecule has 1 saturated carbocycles. The van der Waals surface area contributed by atoms with Gasteiger partial charge in [0, 0.05) is 6.26 Å². The van der Waals surface area contributed by atoms with Gasteiger partial charge >= 0.3 is 0 Å². The fourth-order valence-electron chi connectivity index (χ4n) is 2.56. The molecule has 4 nitrogen and oxygen atoms in total. The Morgan fingerprint density at radius 3 is 2.42 bits per heavy atom. The Morgan fingerprint density at radius 1 is 1.26 bits per heavy atom. The van der Waals surface area contributed by atoms with Gasteiger partial charge in [-0.25, -0.2) is 17.6 Å². The molecule has 0 unspecified atom stereocenters. The van der Waals surface area contributed by atoms with E-state index in [1.165, 1.54) is 18.2 Å². The maximum absolute atomic E-state index is 13.6. The first-order chi connectivity index (χ1) is 8.87. The lowest BCUT2D eigenvalue weighted by atomic mass is 9.89. The third-order valence-corrected chi connectivity index (χ3v) is 4.62. The molecule has 0 atom stereocenters.